The van der Waals surface area contributed by atoms with Gasteiger partial charge in [0.25, 0.3) is 0 Å². The van der Waals surface area contributed by atoms with E-state index in [1.807, 2.05) is 13.1 Å². The summed E-state index contributed by atoms with van der Waals surface area (Å²) in [4.78, 5) is 0. The van der Waals surface area contributed by atoms with Crippen LogP contribution in [0.4, 0.5) is 4.39 Å². The molecule has 2 rings (SSSR count). The maximum absolute atomic E-state index is 13.1. The van der Waals surface area contributed by atoms with Crippen molar-refractivity contribution in [2.24, 2.45) is 11.8 Å². The topological polar surface area (TPSA) is 12.0 Å². The van der Waals surface area contributed by atoms with Crippen LogP contribution in [-0.4, -0.2) is 13.1 Å². The standard InChI is InChI=1S/C16H23ClFN/c1-3-11-4-7-16(19-2)13(8-11)9-12-5-6-14(18)10-15(12)17/h5-6,10-11,13,16,19H,3-4,7-9H2,1-2H3. The molecule has 1 aliphatic carbocycles. The number of hydrogen-bond donors (Lipinski definition) is 1. The minimum absolute atomic E-state index is 0.256. The molecule has 19 heavy (non-hydrogen) atoms. The monoisotopic (exact) mass is 283 g/mol. The summed E-state index contributed by atoms with van der Waals surface area (Å²) in [6.45, 7) is 2.27. The van der Waals surface area contributed by atoms with Crippen LogP contribution in [-0.2, 0) is 6.42 Å². The van der Waals surface area contributed by atoms with Crippen LogP contribution in [0.15, 0.2) is 18.2 Å². The van der Waals surface area contributed by atoms with Crippen LogP contribution in [0.3, 0.4) is 0 Å². The smallest absolute Gasteiger partial charge is 0.124 e. The molecule has 3 unspecified atom stereocenters. The van der Waals surface area contributed by atoms with Crippen molar-refractivity contribution in [2.75, 3.05) is 7.05 Å². The molecule has 0 bridgehead atoms. The Balaban J connectivity index is 2.09. The van der Waals surface area contributed by atoms with Gasteiger partial charge in [0, 0.05) is 11.1 Å². The van der Waals surface area contributed by atoms with Gasteiger partial charge in [0.15, 0.2) is 0 Å². The summed E-state index contributed by atoms with van der Waals surface area (Å²) >= 11 is 6.15. The Morgan fingerprint density at radius 2 is 2.16 bits per heavy atom. The molecule has 0 aromatic heterocycles. The highest BCUT2D eigenvalue weighted by molar-refractivity contribution is 6.31. The molecule has 0 saturated heterocycles. The second kappa shape index (κ2) is 6.71. The molecule has 0 radical (unpaired) electrons. The number of benzene rings is 1. The van der Waals surface area contributed by atoms with Gasteiger partial charge < -0.3 is 5.32 Å². The van der Waals surface area contributed by atoms with Crippen LogP contribution >= 0.6 is 11.6 Å². The second-order valence-electron chi connectivity index (χ2n) is 5.68. The Morgan fingerprint density at radius 3 is 2.79 bits per heavy atom. The summed E-state index contributed by atoms with van der Waals surface area (Å²) in [5, 5.41) is 4.00. The van der Waals surface area contributed by atoms with Crippen LogP contribution in [0.2, 0.25) is 5.02 Å². The minimum Gasteiger partial charge on any atom is -0.317 e. The fraction of sp³-hybridized carbons (Fsp3) is 0.625. The van der Waals surface area contributed by atoms with Crippen molar-refractivity contribution in [3.63, 3.8) is 0 Å². The van der Waals surface area contributed by atoms with Gasteiger partial charge in [-0.05, 0) is 62.3 Å². The Morgan fingerprint density at radius 1 is 1.37 bits per heavy atom. The molecule has 0 spiro atoms. The fourth-order valence-electron chi connectivity index (χ4n) is 3.31. The first-order chi connectivity index (χ1) is 9.13. The largest absolute Gasteiger partial charge is 0.317 e. The van der Waals surface area contributed by atoms with E-state index in [1.165, 1.54) is 37.8 Å². The number of rotatable bonds is 4. The molecule has 1 N–H and O–H groups in total. The molecule has 1 saturated carbocycles. The Labute approximate surface area is 120 Å². The molecule has 1 aromatic rings. The van der Waals surface area contributed by atoms with Gasteiger partial charge in [-0.3, -0.25) is 0 Å². The van der Waals surface area contributed by atoms with E-state index in [0.717, 1.165) is 17.9 Å². The van der Waals surface area contributed by atoms with Gasteiger partial charge in [-0.25, -0.2) is 4.39 Å². The zero-order chi connectivity index (χ0) is 13.8. The van der Waals surface area contributed by atoms with Crippen LogP contribution in [0, 0.1) is 17.7 Å². The van der Waals surface area contributed by atoms with E-state index in [9.17, 15) is 4.39 Å². The first kappa shape index (κ1) is 14.8. The number of halogens is 2. The fourth-order valence-corrected chi connectivity index (χ4v) is 3.55. The molecule has 0 amide bonds. The highest BCUT2D eigenvalue weighted by Gasteiger charge is 2.29. The van der Waals surface area contributed by atoms with Crippen LogP contribution in [0.5, 0.6) is 0 Å². The van der Waals surface area contributed by atoms with Crippen molar-refractivity contribution in [1.82, 2.24) is 5.32 Å². The van der Waals surface area contributed by atoms with E-state index >= 15 is 0 Å². The molecule has 106 valence electrons. The van der Waals surface area contributed by atoms with E-state index in [1.54, 1.807) is 0 Å². The molecule has 3 heteroatoms. The van der Waals surface area contributed by atoms with Crippen molar-refractivity contribution in [3.05, 3.63) is 34.6 Å². The summed E-state index contributed by atoms with van der Waals surface area (Å²) < 4.78 is 13.1. The second-order valence-corrected chi connectivity index (χ2v) is 6.09. The lowest BCUT2D eigenvalue weighted by atomic mass is 9.74. The predicted molar refractivity (Wildman–Crippen MR) is 79.1 cm³/mol. The number of hydrogen-bond acceptors (Lipinski definition) is 1. The molecular formula is C16H23ClFN. The Bertz CT molecular complexity index is 421. The molecule has 1 aromatic carbocycles. The highest BCUT2D eigenvalue weighted by atomic mass is 35.5. The van der Waals surface area contributed by atoms with Gasteiger partial charge in [-0.15, -0.1) is 0 Å². The zero-order valence-corrected chi connectivity index (χ0v) is 12.5. The van der Waals surface area contributed by atoms with E-state index < -0.39 is 0 Å². The summed E-state index contributed by atoms with van der Waals surface area (Å²) in [6, 6.07) is 5.32. The first-order valence-electron chi connectivity index (χ1n) is 7.25. The average molecular weight is 284 g/mol. The average Bonchev–Trinajstić information content (AvgIpc) is 2.41. The minimum atomic E-state index is -0.256. The van der Waals surface area contributed by atoms with E-state index in [4.69, 9.17) is 11.6 Å². The molecule has 1 fully saturated rings. The molecule has 1 aliphatic rings. The van der Waals surface area contributed by atoms with Gasteiger partial charge in [0.2, 0.25) is 0 Å². The predicted octanol–water partition coefficient (Wildman–Crippen LogP) is 4.44. The normalized spacial score (nSPS) is 27.5. The summed E-state index contributed by atoms with van der Waals surface area (Å²) in [7, 11) is 2.04. The maximum atomic E-state index is 13.1. The molecular weight excluding hydrogens is 261 g/mol. The zero-order valence-electron chi connectivity index (χ0n) is 11.8. The van der Waals surface area contributed by atoms with E-state index in [2.05, 4.69) is 12.2 Å². The lowest BCUT2D eigenvalue weighted by molar-refractivity contribution is 0.205. The van der Waals surface area contributed by atoms with Crippen molar-refractivity contribution in [2.45, 2.75) is 45.1 Å². The van der Waals surface area contributed by atoms with Gasteiger partial charge in [-0.1, -0.05) is 31.0 Å². The SMILES string of the molecule is CCC1CCC(NC)C(Cc2ccc(F)cc2Cl)C1. The lowest BCUT2D eigenvalue weighted by Gasteiger charge is -2.36. The Kier molecular flexibility index (Phi) is 5.23. The van der Waals surface area contributed by atoms with Crippen LogP contribution in [0.25, 0.3) is 0 Å². The van der Waals surface area contributed by atoms with Gasteiger partial charge in [0.05, 0.1) is 0 Å². The van der Waals surface area contributed by atoms with E-state index in [0.29, 0.717) is 17.0 Å². The van der Waals surface area contributed by atoms with Crippen molar-refractivity contribution < 1.29 is 4.39 Å². The maximum Gasteiger partial charge on any atom is 0.124 e. The van der Waals surface area contributed by atoms with Gasteiger partial charge in [0.1, 0.15) is 5.82 Å². The summed E-state index contributed by atoms with van der Waals surface area (Å²) in [6.07, 6.45) is 6.00. The molecule has 1 nitrogen and oxygen atoms in total. The quantitative estimate of drug-likeness (QED) is 0.862. The molecule has 3 atom stereocenters. The van der Waals surface area contributed by atoms with Crippen molar-refractivity contribution in [1.29, 1.82) is 0 Å². The molecule has 0 heterocycles. The summed E-state index contributed by atoms with van der Waals surface area (Å²) in [5.74, 6) is 1.18. The third kappa shape index (κ3) is 3.70. The van der Waals surface area contributed by atoms with Crippen molar-refractivity contribution in [3.8, 4) is 0 Å². The first-order valence-corrected chi connectivity index (χ1v) is 7.63. The van der Waals surface area contributed by atoms with Crippen LogP contribution in [0.1, 0.15) is 38.2 Å². The van der Waals surface area contributed by atoms with Gasteiger partial charge >= 0.3 is 0 Å². The highest BCUT2D eigenvalue weighted by Crippen LogP contribution is 2.34. The Hall–Kier alpha value is -0.600. The van der Waals surface area contributed by atoms with Gasteiger partial charge in [-0.2, -0.15) is 0 Å². The summed E-state index contributed by atoms with van der Waals surface area (Å²) in [5.41, 5.74) is 1.07. The van der Waals surface area contributed by atoms with Crippen LogP contribution < -0.4 is 5.32 Å². The lowest BCUT2D eigenvalue weighted by Crippen LogP contribution is -2.39. The van der Waals surface area contributed by atoms with E-state index in [-0.39, 0.29) is 5.82 Å². The third-order valence-electron chi connectivity index (χ3n) is 4.54. The van der Waals surface area contributed by atoms with Crippen molar-refractivity contribution >= 4 is 11.6 Å². The third-order valence-corrected chi connectivity index (χ3v) is 4.89. The molecule has 0 aliphatic heterocycles. The number of nitrogens with one attached hydrogen (secondary N) is 1.